The molecular formula is C18H16N2O4. The number of carbonyl (C=O) groups is 3. The van der Waals surface area contributed by atoms with E-state index in [9.17, 15) is 14.4 Å². The largest absolute Gasteiger partial charge is 0.493 e. The Labute approximate surface area is 139 Å². The first-order chi connectivity index (χ1) is 11.6. The van der Waals surface area contributed by atoms with Crippen LogP contribution in [0, 0.1) is 0 Å². The zero-order chi connectivity index (χ0) is 17.1. The Morgan fingerprint density at radius 1 is 1.04 bits per heavy atom. The highest BCUT2D eigenvalue weighted by Crippen LogP contribution is 2.24. The molecule has 1 N–H and O–H groups in total. The van der Waals surface area contributed by atoms with Gasteiger partial charge >= 0.3 is 0 Å². The quantitative estimate of drug-likeness (QED) is 0.857. The van der Waals surface area contributed by atoms with Crippen LogP contribution in [-0.2, 0) is 4.79 Å². The molecule has 0 aliphatic carbocycles. The molecule has 0 aromatic heterocycles. The van der Waals surface area contributed by atoms with Crippen molar-refractivity contribution >= 4 is 23.4 Å². The molecule has 0 saturated carbocycles. The van der Waals surface area contributed by atoms with E-state index in [4.69, 9.17) is 4.74 Å². The van der Waals surface area contributed by atoms with Crippen LogP contribution in [0.1, 0.15) is 27.1 Å². The van der Waals surface area contributed by atoms with Crippen LogP contribution in [0.15, 0.2) is 48.5 Å². The fourth-order valence-corrected chi connectivity index (χ4v) is 2.44. The van der Waals surface area contributed by atoms with E-state index in [0.29, 0.717) is 22.6 Å². The molecule has 0 atom stereocenters. The summed E-state index contributed by atoms with van der Waals surface area (Å²) in [6.07, 6.45) is 0.179. The average Bonchev–Trinajstić information content (AvgIpc) is 2.80. The molecule has 6 heteroatoms. The summed E-state index contributed by atoms with van der Waals surface area (Å²) in [7, 11) is 1.43. The van der Waals surface area contributed by atoms with Crippen molar-refractivity contribution in [3.05, 3.63) is 59.7 Å². The minimum atomic E-state index is -0.362. The Kier molecular flexibility index (Phi) is 4.29. The van der Waals surface area contributed by atoms with Crippen LogP contribution >= 0.6 is 0 Å². The number of anilines is 1. The van der Waals surface area contributed by atoms with Gasteiger partial charge in [-0.3, -0.25) is 19.3 Å². The number of imide groups is 1. The standard InChI is InChI=1S/C18H16N2O4/c1-20-17(22)14-8-7-12(11-15(14)18(20)23)19-16(21)9-10-24-13-5-3-2-4-6-13/h2-8,11H,9-10H2,1H3,(H,19,21). The second-order valence-electron chi connectivity index (χ2n) is 5.39. The van der Waals surface area contributed by atoms with Crippen LogP contribution in [0.3, 0.4) is 0 Å². The molecule has 0 spiro atoms. The van der Waals surface area contributed by atoms with Gasteiger partial charge in [-0.05, 0) is 30.3 Å². The Hall–Kier alpha value is -3.15. The summed E-state index contributed by atoms with van der Waals surface area (Å²) in [4.78, 5) is 36.8. The Bertz CT molecular complexity index is 802. The zero-order valence-electron chi connectivity index (χ0n) is 13.1. The molecule has 0 fully saturated rings. The van der Waals surface area contributed by atoms with Crippen molar-refractivity contribution in [2.24, 2.45) is 0 Å². The molecule has 3 rings (SSSR count). The smallest absolute Gasteiger partial charge is 0.261 e. The van der Waals surface area contributed by atoms with Gasteiger partial charge in [0.2, 0.25) is 5.91 Å². The van der Waals surface area contributed by atoms with Gasteiger partial charge in [0.05, 0.1) is 24.2 Å². The number of hydrogen-bond acceptors (Lipinski definition) is 4. The van der Waals surface area contributed by atoms with Gasteiger partial charge in [0.1, 0.15) is 5.75 Å². The van der Waals surface area contributed by atoms with Crippen LogP contribution in [0.5, 0.6) is 5.75 Å². The summed E-state index contributed by atoms with van der Waals surface area (Å²) in [5, 5.41) is 2.71. The number of nitrogens with zero attached hydrogens (tertiary/aromatic N) is 1. The van der Waals surface area contributed by atoms with Crippen LogP contribution in [0.2, 0.25) is 0 Å². The lowest BCUT2D eigenvalue weighted by Crippen LogP contribution is -2.24. The number of amides is 3. The molecule has 1 heterocycles. The van der Waals surface area contributed by atoms with Gasteiger partial charge in [0, 0.05) is 12.7 Å². The highest BCUT2D eigenvalue weighted by molar-refractivity contribution is 6.21. The average molecular weight is 324 g/mol. The number of ether oxygens (including phenoxy) is 1. The maximum Gasteiger partial charge on any atom is 0.261 e. The molecule has 3 amide bonds. The third kappa shape index (κ3) is 3.12. The second kappa shape index (κ2) is 6.54. The van der Waals surface area contributed by atoms with Crippen molar-refractivity contribution in [3.8, 4) is 5.75 Å². The highest BCUT2D eigenvalue weighted by Gasteiger charge is 2.32. The predicted molar refractivity (Wildman–Crippen MR) is 88.0 cm³/mol. The maximum atomic E-state index is 12.0. The van der Waals surface area contributed by atoms with Crippen molar-refractivity contribution in [1.29, 1.82) is 0 Å². The molecule has 2 aromatic carbocycles. The van der Waals surface area contributed by atoms with Gasteiger partial charge in [0.15, 0.2) is 0 Å². The SMILES string of the molecule is CN1C(=O)c2ccc(NC(=O)CCOc3ccccc3)cc2C1=O. The summed E-state index contributed by atoms with van der Waals surface area (Å²) in [6, 6.07) is 13.9. The van der Waals surface area contributed by atoms with Gasteiger partial charge in [0.25, 0.3) is 11.8 Å². The zero-order valence-corrected chi connectivity index (χ0v) is 13.1. The van der Waals surface area contributed by atoms with Crippen LogP contribution < -0.4 is 10.1 Å². The van der Waals surface area contributed by atoms with E-state index in [2.05, 4.69) is 5.32 Å². The van der Waals surface area contributed by atoms with E-state index in [0.717, 1.165) is 4.90 Å². The number of carbonyl (C=O) groups excluding carboxylic acids is 3. The van der Waals surface area contributed by atoms with E-state index in [1.54, 1.807) is 12.1 Å². The highest BCUT2D eigenvalue weighted by atomic mass is 16.5. The Balaban J connectivity index is 1.58. The summed E-state index contributed by atoms with van der Waals surface area (Å²) in [5.41, 5.74) is 1.14. The Morgan fingerprint density at radius 3 is 2.50 bits per heavy atom. The fraction of sp³-hybridized carbons (Fsp3) is 0.167. The summed E-state index contributed by atoms with van der Waals surface area (Å²) < 4.78 is 5.47. The summed E-state index contributed by atoms with van der Waals surface area (Å²) in [5.74, 6) is -0.214. The van der Waals surface area contributed by atoms with E-state index in [1.165, 1.54) is 13.1 Å². The first-order valence-corrected chi connectivity index (χ1v) is 7.50. The topological polar surface area (TPSA) is 75.7 Å². The summed E-state index contributed by atoms with van der Waals surface area (Å²) >= 11 is 0. The molecule has 0 bridgehead atoms. The van der Waals surface area contributed by atoms with Gasteiger partial charge in [-0.1, -0.05) is 18.2 Å². The van der Waals surface area contributed by atoms with Crippen molar-refractivity contribution in [3.63, 3.8) is 0 Å². The maximum absolute atomic E-state index is 12.0. The minimum Gasteiger partial charge on any atom is -0.493 e. The third-order valence-electron chi connectivity index (χ3n) is 3.71. The molecule has 122 valence electrons. The number of fused-ring (bicyclic) bond motifs is 1. The lowest BCUT2D eigenvalue weighted by Gasteiger charge is -2.08. The third-order valence-corrected chi connectivity index (χ3v) is 3.71. The molecule has 1 aliphatic rings. The minimum absolute atomic E-state index is 0.179. The van der Waals surface area contributed by atoms with Crippen LogP contribution in [-0.4, -0.2) is 36.3 Å². The normalized spacial score (nSPS) is 13.0. The molecule has 2 aromatic rings. The van der Waals surface area contributed by atoms with Crippen LogP contribution in [0.4, 0.5) is 5.69 Å². The van der Waals surface area contributed by atoms with Gasteiger partial charge in [-0.2, -0.15) is 0 Å². The molecule has 6 nitrogen and oxygen atoms in total. The molecule has 1 aliphatic heterocycles. The molecule has 24 heavy (non-hydrogen) atoms. The fourth-order valence-electron chi connectivity index (χ4n) is 2.44. The number of benzene rings is 2. The lowest BCUT2D eigenvalue weighted by atomic mass is 10.1. The Morgan fingerprint density at radius 2 is 1.75 bits per heavy atom. The first-order valence-electron chi connectivity index (χ1n) is 7.50. The number of nitrogens with one attached hydrogen (secondary N) is 1. The molecule has 0 unspecified atom stereocenters. The molecular weight excluding hydrogens is 308 g/mol. The van der Waals surface area contributed by atoms with Crippen molar-refractivity contribution in [2.75, 3.05) is 19.0 Å². The van der Waals surface area contributed by atoms with Crippen molar-refractivity contribution < 1.29 is 19.1 Å². The van der Waals surface area contributed by atoms with E-state index < -0.39 is 0 Å². The predicted octanol–water partition coefficient (Wildman–Crippen LogP) is 2.32. The molecule has 0 radical (unpaired) electrons. The van der Waals surface area contributed by atoms with Crippen molar-refractivity contribution in [2.45, 2.75) is 6.42 Å². The van der Waals surface area contributed by atoms with Gasteiger partial charge < -0.3 is 10.1 Å². The van der Waals surface area contributed by atoms with Crippen molar-refractivity contribution in [1.82, 2.24) is 4.90 Å². The lowest BCUT2D eigenvalue weighted by molar-refractivity contribution is -0.116. The summed E-state index contributed by atoms with van der Waals surface area (Å²) in [6.45, 7) is 0.251. The number of rotatable bonds is 5. The number of hydrogen-bond donors (Lipinski definition) is 1. The first kappa shape index (κ1) is 15.7. The van der Waals surface area contributed by atoms with Crippen LogP contribution in [0.25, 0.3) is 0 Å². The number of para-hydroxylation sites is 1. The second-order valence-corrected chi connectivity index (χ2v) is 5.39. The van der Waals surface area contributed by atoms with E-state index >= 15 is 0 Å². The monoisotopic (exact) mass is 324 g/mol. The van der Waals surface area contributed by atoms with Gasteiger partial charge in [-0.15, -0.1) is 0 Å². The van der Waals surface area contributed by atoms with E-state index in [-0.39, 0.29) is 30.7 Å². The molecule has 0 saturated heterocycles. The van der Waals surface area contributed by atoms with Gasteiger partial charge in [-0.25, -0.2) is 0 Å². The van der Waals surface area contributed by atoms with E-state index in [1.807, 2.05) is 30.3 Å².